The summed E-state index contributed by atoms with van der Waals surface area (Å²) in [5, 5.41) is 1.06. The summed E-state index contributed by atoms with van der Waals surface area (Å²) in [4.78, 5) is 14.4. The highest BCUT2D eigenvalue weighted by molar-refractivity contribution is 5.85. The maximum absolute atomic E-state index is 12.7. The maximum atomic E-state index is 12.7. The highest BCUT2D eigenvalue weighted by Gasteiger charge is 2.35. The zero-order chi connectivity index (χ0) is 15.5. The molecule has 5 heteroatoms. The largest absolute Gasteiger partial charge is 0.459 e. The molecule has 0 spiro atoms. The van der Waals surface area contributed by atoms with Crippen molar-refractivity contribution in [2.24, 2.45) is 11.1 Å². The molecule has 1 heterocycles. The molecule has 4 nitrogen and oxygen atoms in total. The number of hydrogen-bond donors (Lipinski definition) is 1. The number of para-hydroxylation sites is 1. The molecule has 2 rings (SSSR count). The van der Waals surface area contributed by atoms with E-state index in [9.17, 15) is 4.79 Å². The fourth-order valence-corrected chi connectivity index (χ4v) is 2.75. The summed E-state index contributed by atoms with van der Waals surface area (Å²) in [6.45, 7) is 4.88. The lowest BCUT2D eigenvalue weighted by atomic mass is 9.81. The lowest BCUT2D eigenvalue weighted by molar-refractivity contribution is -0.141. The van der Waals surface area contributed by atoms with Gasteiger partial charge >= 0.3 is 0 Å². The van der Waals surface area contributed by atoms with E-state index >= 15 is 0 Å². The van der Waals surface area contributed by atoms with Crippen molar-refractivity contribution >= 4 is 29.3 Å². The first-order valence-corrected chi connectivity index (χ1v) is 7.49. The van der Waals surface area contributed by atoms with Crippen molar-refractivity contribution < 1.29 is 9.21 Å². The van der Waals surface area contributed by atoms with Crippen LogP contribution in [0.3, 0.4) is 0 Å². The zero-order valence-electron chi connectivity index (χ0n) is 13.5. The van der Waals surface area contributed by atoms with Gasteiger partial charge in [-0.3, -0.25) is 4.79 Å². The van der Waals surface area contributed by atoms with Gasteiger partial charge in [-0.25, -0.2) is 0 Å². The SMILES string of the molecule is CCC(CC)(CN)C(=O)N(C)Cc1cc2ccccc2o1.Cl. The van der Waals surface area contributed by atoms with Crippen LogP contribution in [-0.4, -0.2) is 24.4 Å². The third-order valence-corrected chi connectivity index (χ3v) is 4.41. The van der Waals surface area contributed by atoms with Gasteiger partial charge in [0.15, 0.2) is 0 Å². The van der Waals surface area contributed by atoms with Gasteiger partial charge in [-0.05, 0) is 25.0 Å². The van der Waals surface area contributed by atoms with E-state index in [1.54, 1.807) is 4.90 Å². The number of amides is 1. The van der Waals surface area contributed by atoms with Gasteiger partial charge < -0.3 is 15.1 Å². The van der Waals surface area contributed by atoms with Crippen LogP contribution >= 0.6 is 12.4 Å². The minimum atomic E-state index is -0.458. The molecule has 2 N–H and O–H groups in total. The molecule has 0 unspecified atom stereocenters. The second kappa shape index (κ2) is 7.65. The van der Waals surface area contributed by atoms with E-state index in [2.05, 4.69) is 0 Å². The minimum absolute atomic E-state index is 0. The first-order chi connectivity index (χ1) is 10.1. The van der Waals surface area contributed by atoms with E-state index in [1.807, 2.05) is 51.2 Å². The van der Waals surface area contributed by atoms with Crippen molar-refractivity contribution in [3.8, 4) is 0 Å². The average molecular weight is 325 g/mol. The van der Waals surface area contributed by atoms with Crippen molar-refractivity contribution in [3.63, 3.8) is 0 Å². The molecule has 0 radical (unpaired) electrons. The van der Waals surface area contributed by atoms with Crippen LogP contribution in [0.5, 0.6) is 0 Å². The molecule has 0 atom stereocenters. The number of furan rings is 1. The molecule has 0 aliphatic rings. The number of nitrogens with zero attached hydrogens (tertiary/aromatic N) is 1. The number of carbonyl (C=O) groups excluding carboxylic acids is 1. The molecule has 2 aromatic rings. The maximum Gasteiger partial charge on any atom is 0.230 e. The molecular weight excluding hydrogens is 300 g/mol. The third kappa shape index (κ3) is 3.45. The van der Waals surface area contributed by atoms with E-state index in [0.717, 1.165) is 29.6 Å². The summed E-state index contributed by atoms with van der Waals surface area (Å²) in [6.07, 6.45) is 1.51. The fourth-order valence-electron chi connectivity index (χ4n) is 2.75. The van der Waals surface area contributed by atoms with Gasteiger partial charge in [0.05, 0.1) is 12.0 Å². The van der Waals surface area contributed by atoms with Crippen LogP contribution in [0.15, 0.2) is 34.7 Å². The first kappa shape index (κ1) is 18.5. The summed E-state index contributed by atoms with van der Waals surface area (Å²) in [7, 11) is 1.81. The Morgan fingerprint density at radius 3 is 2.45 bits per heavy atom. The smallest absolute Gasteiger partial charge is 0.230 e. The average Bonchev–Trinajstić information content (AvgIpc) is 2.91. The molecule has 1 amide bonds. The van der Waals surface area contributed by atoms with E-state index in [-0.39, 0.29) is 18.3 Å². The van der Waals surface area contributed by atoms with Crippen molar-refractivity contribution in [2.75, 3.05) is 13.6 Å². The first-order valence-electron chi connectivity index (χ1n) is 7.49. The van der Waals surface area contributed by atoms with E-state index in [0.29, 0.717) is 13.1 Å². The molecule has 0 bridgehead atoms. The van der Waals surface area contributed by atoms with Gasteiger partial charge in [-0.2, -0.15) is 0 Å². The number of fused-ring (bicyclic) bond motifs is 1. The second-order valence-electron chi connectivity index (χ2n) is 5.60. The van der Waals surface area contributed by atoms with E-state index in [4.69, 9.17) is 10.2 Å². The quantitative estimate of drug-likeness (QED) is 0.883. The summed E-state index contributed by atoms with van der Waals surface area (Å²) in [5.74, 6) is 0.889. The van der Waals surface area contributed by atoms with Gasteiger partial charge in [0.2, 0.25) is 5.91 Å². The monoisotopic (exact) mass is 324 g/mol. The van der Waals surface area contributed by atoms with Crippen LogP contribution in [0.4, 0.5) is 0 Å². The summed E-state index contributed by atoms with van der Waals surface area (Å²) in [5.41, 5.74) is 6.24. The highest BCUT2D eigenvalue weighted by atomic mass is 35.5. The third-order valence-electron chi connectivity index (χ3n) is 4.41. The van der Waals surface area contributed by atoms with Gasteiger partial charge in [-0.15, -0.1) is 12.4 Å². The Balaban J connectivity index is 0.00000242. The Morgan fingerprint density at radius 2 is 1.91 bits per heavy atom. The molecule has 0 aliphatic carbocycles. The van der Waals surface area contributed by atoms with Crippen LogP contribution in [0.1, 0.15) is 32.4 Å². The molecule has 0 aliphatic heterocycles. The number of carbonyl (C=O) groups is 1. The van der Waals surface area contributed by atoms with E-state index in [1.165, 1.54) is 0 Å². The Hall–Kier alpha value is -1.52. The molecule has 22 heavy (non-hydrogen) atoms. The van der Waals surface area contributed by atoms with Crippen LogP contribution in [0, 0.1) is 5.41 Å². The van der Waals surface area contributed by atoms with Crippen molar-refractivity contribution in [1.82, 2.24) is 4.90 Å². The van der Waals surface area contributed by atoms with Crippen LogP contribution in [0.2, 0.25) is 0 Å². The summed E-state index contributed by atoms with van der Waals surface area (Å²) in [6, 6.07) is 9.85. The summed E-state index contributed by atoms with van der Waals surface area (Å²) >= 11 is 0. The Kier molecular flexibility index (Phi) is 6.45. The normalized spacial score (nSPS) is 11.3. The molecule has 0 saturated heterocycles. The molecule has 1 aromatic heterocycles. The lowest BCUT2D eigenvalue weighted by Crippen LogP contribution is -2.45. The van der Waals surface area contributed by atoms with Gasteiger partial charge in [-0.1, -0.05) is 32.0 Å². The van der Waals surface area contributed by atoms with Crippen molar-refractivity contribution in [3.05, 3.63) is 36.1 Å². The lowest BCUT2D eigenvalue weighted by Gasteiger charge is -2.32. The molecular formula is C17H25ClN2O2. The molecule has 0 saturated carbocycles. The molecule has 122 valence electrons. The number of benzene rings is 1. The molecule has 0 fully saturated rings. The van der Waals surface area contributed by atoms with Crippen LogP contribution in [0.25, 0.3) is 11.0 Å². The van der Waals surface area contributed by atoms with Crippen LogP contribution < -0.4 is 5.73 Å². The number of rotatable bonds is 6. The van der Waals surface area contributed by atoms with Crippen molar-refractivity contribution in [1.29, 1.82) is 0 Å². The van der Waals surface area contributed by atoms with Crippen molar-refractivity contribution in [2.45, 2.75) is 33.2 Å². The highest BCUT2D eigenvalue weighted by Crippen LogP contribution is 2.28. The Morgan fingerprint density at radius 1 is 1.27 bits per heavy atom. The predicted molar refractivity (Wildman–Crippen MR) is 92.0 cm³/mol. The predicted octanol–water partition coefficient (Wildman–Crippen LogP) is 3.58. The Labute approximate surface area is 138 Å². The standard InChI is InChI=1S/C17H24N2O2.ClH/c1-4-17(5-2,12-18)16(20)19(3)11-14-10-13-8-6-7-9-15(13)21-14;/h6-10H,4-5,11-12,18H2,1-3H3;1H. The van der Waals surface area contributed by atoms with Crippen LogP contribution in [-0.2, 0) is 11.3 Å². The van der Waals surface area contributed by atoms with Gasteiger partial charge in [0.1, 0.15) is 11.3 Å². The zero-order valence-corrected chi connectivity index (χ0v) is 14.3. The van der Waals surface area contributed by atoms with E-state index < -0.39 is 5.41 Å². The van der Waals surface area contributed by atoms with Gasteiger partial charge in [0, 0.05) is 19.0 Å². The number of nitrogens with two attached hydrogens (primary N) is 1. The fraction of sp³-hybridized carbons (Fsp3) is 0.471. The topological polar surface area (TPSA) is 59.5 Å². The Bertz CT molecular complexity index is 579. The summed E-state index contributed by atoms with van der Waals surface area (Å²) < 4.78 is 5.78. The number of hydrogen-bond acceptors (Lipinski definition) is 3. The number of halogens is 1. The molecule has 1 aromatic carbocycles. The minimum Gasteiger partial charge on any atom is -0.459 e. The van der Waals surface area contributed by atoms with Gasteiger partial charge in [0.25, 0.3) is 0 Å². The second-order valence-corrected chi connectivity index (χ2v) is 5.60.